The molecule has 0 radical (unpaired) electrons. The van der Waals surface area contributed by atoms with Crippen LogP contribution >= 0.6 is 11.8 Å². The summed E-state index contributed by atoms with van der Waals surface area (Å²) >= 11 is 1.60. The molecule has 1 amide bonds. The van der Waals surface area contributed by atoms with Crippen molar-refractivity contribution >= 4 is 56.1 Å². The molecule has 0 bridgehead atoms. The highest BCUT2D eigenvalue weighted by Gasteiger charge is 2.28. The third-order valence-corrected chi connectivity index (χ3v) is 15.1. The Morgan fingerprint density at radius 1 is 0.803 bits per heavy atom. The predicted octanol–water partition coefficient (Wildman–Crippen LogP) is 9.61. The molecule has 66 heavy (non-hydrogen) atoms. The van der Waals surface area contributed by atoms with Crippen molar-refractivity contribution in [2.75, 3.05) is 72.7 Å². The second kappa shape index (κ2) is 20.4. The van der Waals surface area contributed by atoms with Gasteiger partial charge in [0.1, 0.15) is 11.5 Å². The molecule has 2 aliphatic rings. The number of thioether (sulfide) groups is 1. The van der Waals surface area contributed by atoms with Gasteiger partial charge in [-0.2, -0.15) is 0 Å². The first-order chi connectivity index (χ1) is 31.9. The molecule has 0 spiro atoms. The number of piperidine rings is 1. The zero-order valence-electron chi connectivity index (χ0n) is 37.4. The average molecular weight is 931 g/mol. The number of nitrogens with one attached hydrogen (secondary N) is 3. The van der Waals surface area contributed by atoms with Gasteiger partial charge in [0.2, 0.25) is 0 Å². The lowest BCUT2D eigenvalue weighted by atomic mass is 9.96. The van der Waals surface area contributed by atoms with Gasteiger partial charge in [0.25, 0.3) is 21.6 Å². The molecule has 1 aromatic heterocycles. The number of aromatic nitrogens is 1. The first-order valence-electron chi connectivity index (χ1n) is 22.3. The van der Waals surface area contributed by atoms with Crippen LogP contribution in [0.2, 0.25) is 0 Å². The van der Waals surface area contributed by atoms with E-state index in [9.17, 15) is 27.7 Å². The molecule has 0 unspecified atom stereocenters. The Morgan fingerprint density at radius 3 is 2.15 bits per heavy atom. The lowest BCUT2D eigenvalue weighted by molar-refractivity contribution is -0.384. The van der Waals surface area contributed by atoms with Crippen molar-refractivity contribution < 1.29 is 22.5 Å². The van der Waals surface area contributed by atoms with E-state index in [0.29, 0.717) is 37.4 Å². The van der Waals surface area contributed by atoms with Crippen molar-refractivity contribution in [2.24, 2.45) is 7.05 Å². The van der Waals surface area contributed by atoms with Gasteiger partial charge in [0.15, 0.2) is 0 Å². The number of hydrogen-bond acceptors (Lipinski definition) is 10. The fourth-order valence-corrected chi connectivity index (χ4v) is 11.0. The Balaban J connectivity index is 0.929. The van der Waals surface area contributed by atoms with Gasteiger partial charge in [-0.25, -0.2) is 12.8 Å². The molecule has 2 aliphatic heterocycles. The Kier molecular flexibility index (Phi) is 14.3. The molecule has 5 aromatic carbocycles. The molecule has 3 heterocycles. The van der Waals surface area contributed by atoms with E-state index in [2.05, 4.69) is 42.2 Å². The third kappa shape index (κ3) is 10.5. The second-order valence-electron chi connectivity index (χ2n) is 16.7. The van der Waals surface area contributed by atoms with Gasteiger partial charge in [-0.05, 0) is 135 Å². The zero-order chi connectivity index (χ0) is 46.4. The highest BCUT2D eigenvalue weighted by molar-refractivity contribution is 8.00. The normalized spacial score (nSPS) is 15.0. The highest BCUT2D eigenvalue weighted by atomic mass is 32.2. The van der Waals surface area contributed by atoms with Gasteiger partial charge in [0.05, 0.1) is 26.5 Å². The molecule has 8 rings (SSSR count). The summed E-state index contributed by atoms with van der Waals surface area (Å²) in [5.74, 6) is -0.530. The van der Waals surface area contributed by atoms with Crippen molar-refractivity contribution in [3.8, 4) is 22.4 Å². The Morgan fingerprint density at radius 2 is 1.48 bits per heavy atom. The number of nitrogens with zero attached hydrogens (tertiary/aromatic N) is 5. The van der Waals surface area contributed by atoms with Crippen LogP contribution in [0.1, 0.15) is 41.7 Å². The minimum Gasteiger partial charge on any atom is -0.368 e. The van der Waals surface area contributed by atoms with E-state index in [4.69, 9.17) is 0 Å². The van der Waals surface area contributed by atoms with E-state index in [1.54, 1.807) is 43.1 Å². The van der Waals surface area contributed by atoms with Crippen LogP contribution < -0.4 is 25.2 Å². The summed E-state index contributed by atoms with van der Waals surface area (Å²) in [5, 5.41) is 18.4. The van der Waals surface area contributed by atoms with Crippen LogP contribution in [0, 0.1) is 22.9 Å². The minimum absolute atomic E-state index is 0.182. The Hall–Kier alpha value is -6.36. The number of carbonyl (C=O) groups is 1. The number of anilines is 4. The molecular weight excluding hydrogens is 876 g/mol. The van der Waals surface area contributed by atoms with Gasteiger partial charge in [-0.1, -0.05) is 36.8 Å². The number of benzene rings is 5. The monoisotopic (exact) mass is 930 g/mol. The fraction of sp³-hybridized carbons (Fsp3) is 0.300. The number of halogens is 1. The van der Waals surface area contributed by atoms with Crippen molar-refractivity contribution in [1.82, 2.24) is 14.8 Å². The van der Waals surface area contributed by atoms with E-state index >= 15 is 0 Å². The number of carbonyl (C=O) groups excluding carboxylic acids is 1. The first-order valence-corrected chi connectivity index (χ1v) is 24.6. The van der Waals surface area contributed by atoms with Crippen LogP contribution in [0.3, 0.4) is 0 Å². The van der Waals surface area contributed by atoms with E-state index in [1.807, 2.05) is 73.1 Å². The van der Waals surface area contributed by atoms with Crippen LogP contribution in [-0.2, 0) is 17.1 Å². The fourth-order valence-electron chi connectivity index (χ4n) is 8.90. The van der Waals surface area contributed by atoms with E-state index in [0.717, 1.165) is 76.5 Å². The average Bonchev–Trinajstić information content (AvgIpc) is 3.60. The second-order valence-corrected chi connectivity index (χ2v) is 19.7. The first kappa shape index (κ1) is 46.2. The van der Waals surface area contributed by atoms with Gasteiger partial charge >= 0.3 is 0 Å². The van der Waals surface area contributed by atoms with Gasteiger partial charge < -0.3 is 29.9 Å². The number of piperazine rings is 1. The maximum atomic E-state index is 14.0. The van der Waals surface area contributed by atoms with Crippen LogP contribution in [0.4, 0.5) is 32.8 Å². The summed E-state index contributed by atoms with van der Waals surface area (Å²) in [6.45, 7) is 7.69. The summed E-state index contributed by atoms with van der Waals surface area (Å²) in [5.41, 5.74) is 6.88. The predicted molar refractivity (Wildman–Crippen MR) is 264 cm³/mol. The smallest absolute Gasteiger partial charge is 0.293 e. The number of amides is 1. The molecule has 2 saturated heterocycles. The standard InChI is InChI=1S/C50H55FN8O5S2/c1-35-47(50(60)52-2)48(49(55(35)3)36-15-17-38(51)18-16-36)37-11-10-12-41(33-37)58-31-29-57(30-32-58)40-21-19-39(20-22-40)54-66(63,64)43-23-24-44(45(34-43)59(61)62)53-46(65-42-13-6-4-7-14-42)25-28-56-26-8-5-9-27-56/h4,6-7,10-24,33-34,46,53-54H,5,8-9,25-32H2,1-3H3,(H,52,60)/t46-/m0/s1. The quantitative estimate of drug-likeness (QED) is 0.0372. The van der Waals surface area contributed by atoms with Gasteiger partial charge in [-0.15, -0.1) is 11.8 Å². The van der Waals surface area contributed by atoms with Gasteiger partial charge in [0, 0.05) is 86.1 Å². The van der Waals surface area contributed by atoms with Crippen LogP contribution in [-0.4, -0.2) is 87.0 Å². The lowest BCUT2D eigenvalue weighted by Crippen LogP contribution is -2.46. The highest BCUT2D eigenvalue weighted by Crippen LogP contribution is 2.40. The molecule has 344 valence electrons. The zero-order valence-corrected chi connectivity index (χ0v) is 39.0. The summed E-state index contributed by atoms with van der Waals surface area (Å²) in [7, 11) is -0.640. The van der Waals surface area contributed by atoms with Crippen molar-refractivity contribution in [3.63, 3.8) is 0 Å². The Labute approximate surface area is 390 Å². The summed E-state index contributed by atoms with van der Waals surface area (Å²) < 4.78 is 45.9. The van der Waals surface area contributed by atoms with Crippen molar-refractivity contribution in [3.05, 3.63) is 149 Å². The maximum absolute atomic E-state index is 14.0. The molecule has 1 atom stereocenters. The van der Waals surface area contributed by atoms with E-state index < -0.39 is 14.9 Å². The van der Waals surface area contributed by atoms with Crippen LogP contribution in [0.5, 0.6) is 0 Å². The molecule has 3 N–H and O–H groups in total. The third-order valence-electron chi connectivity index (χ3n) is 12.5. The van der Waals surface area contributed by atoms with E-state index in [1.165, 1.54) is 43.5 Å². The van der Waals surface area contributed by atoms with Crippen molar-refractivity contribution in [2.45, 2.75) is 47.8 Å². The molecule has 0 saturated carbocycles. The number of rotatable bonds is 16. The van der Waals surface area contributed by atoms with E-state index in [-0.39, 0.29) is 33.4 Å². The minimum atomic E-state index is -4.17. The lowest BCUT2D eigenvalue weighted by Gasteiger charge is -2.37. The topological polar surface area (TPSA) is 145 Å². The number of sulfonamides is 1. The maximum Gasteiger partial charge on any atom is 0.293 e. The molecule has 16 heteroatoms. The molecular formula is C50H55FN8O5S2. The Bertz CT molecular complexity index is 2770. The summed E-state index contributed by atoms with van der Waals surface area (Å²) in [6.07, 6.45) is 4.32. The number of hydrogen-bond donors (Lipinski definition) is 3. The molecule has 13 nitrogen and oxygen atoms in total. The summed E-state index contributed by atoms with van der Waals surface area (Å²) in [6, 6.07) is 35.5. The SMILES string of the molecule is CNC(=O)c1c(-c2cccc(N3CCN(c4ccc(NS(=O)(=O)c5ccc(N[C@H](CCN6CCCCC6)Sc6ccccc6)c([N+](=O)[O-])c5)cc4)CC3)c2)c(-c2ccc(F)cc2)n(C)c1C. The molecule has 2 fully saturated rings. The number of nitro benzene ring substituents is 1. The summed E-state index contributed by atoms with van der Waals surface area (Å²) in [4.78, 5) is 33.0. The van der Waals surface area contributed by atoms with Crippen molar-refractivity contribution in [1.29, 1.82) is 0 Å². The number of nitro groups is 1. The van der Waals surface area contributed by atoms with Crippen LogP contribution in [0.25, 0.3) is 22.4 Å². The van der Waals surface area contributed by atoms with Gasteiger partial charge in [-0.3, -0.25) is 19.6 Å². The van der Waals surface area contributed by atoms with Crippen LogP contribution in [0.15, 0.2) is 131 Å². The molecule has 0 aliphatic carbocycles. The molecule has 6 aromatic rings. The number of likely N-dealkylation sites (tertiary alicyclic amines) is 1. The largest absolute Gasteiger partial charge is 0.368 e.